The van der Waals surface area contributed by atoms with Gasteiger partial charge in [-0.3, -0.25) is 4.90 Å². The number of likely N-dealkylation sites (tertiary alicyclic amines) is 1. The highest BCUT2D eigenvalue weighted by Gasteiger charge is 2.27. The molecule has 0 radical (unpaired) electrons. The van der Waals surface area contributed by atoms with E-state index in [-0.39, 0.29) is 0 Å². The molecule has 0 spiro atoms. The third-order valence-corrected chi connectivity index (χ3v) is 5.27. The summed E-state index contributed by atoms with van der Waals surface area (Å²) < 4.78 is 0. The van der Waals surface area contributed by atoms with E-state index in [0.717, 1.165) is 35.4 Å². The van der Waals surface area contributed by atoms with Gasteiger partial charge in [-0.2, -0.15) is 0 Å². The van der Waals surface area contributed by atoms with E-state index in [0.29, 0.717) is 12.0 Å². The summed E-state index contributed by atoms with van der Waals surface area (Å²) in [6.45, 7) is 1.98. The van der Waals surface area contributed by atoms with E-state index in [2.05, 4.69) is 32.3 Å². The first kappa shape index (κ1) is 16.4. The minimum atomic E-state index is 0.315. The molecule has 0 bridgehead atoms. The monoisotopic (exact) mass is 371 g/mol. The van der Waals surface area contributed by atoms with Crippen LogP contribution in [0.4, 0.5) is 11.1 Å². The Labute approximate surface area is 155 Å². The van der Waals surface area contributed by atoms with Crippen LogP contribution in [-0.4, -0.2) is 26.4 Å². The molecule has 1 aromatic carbocycles. The molecular weight excluding hydrogens is 354 g/mol. The number of hydrogen-bond acceptors (Lipinski definition) is 6. The summed E-state index contributed by atoms with van der Waals surface area (Å²) in [5.41, 5.74) is 2.33. The zero-order chi connectivity index (χ0) is 17.1. The molecule has 1 atom stereocenters. The standard InChI is InChI=1S/C18H18ClN5S/c19-14-5-3-13(4-6-14)12-24-10-1-2-16(24)15-7-8-20-17(22-15)23-18-21-9-11-25-18/h3-9,11,16H,1-2,10,12H2,(H,20,21,22,23)/t16-/m0/s1. The second-order valence-corrected chi connectivity index (χ2v) is 7.35. The normalized spacial score (nSPS) is 17.7. The number of rotatable bonds is 5. The zero-order valence-corrected chi connectivity index (χ0v) is 15.2. The van der Waals surface area contributed by atoms with Crippen LogP contribution in [0.15, 0.2) is 48.1 Å². The Morgan fingerprint density at radius 3 is 2.84 bits per heavy atom. The van der Waals surface area contributed by atoms with Gasteiger partial charge in [0.15, 0.2) is 5.13 Å². The molecule has 1 N–H and O–H groups in total. The van der Waals surface area contributed by atoms with Crippen LogP contribution in [0.2, 0.25) is 5.02 Å². The number of nitrogens with one attached hydrogen (secondary N) is 1. The van der Waals surface area contributed by atoms with E-state index >= 15 is 0 Å². The molecule has 0 amide bonds. The second-order valence-electron chi connectivity index (χ2n) is 6.02. The van der Waals surface area contributed by atoms with Crippen molar-refractivity contribution in [1.82, 2.24) is 19.9 Å². The Hall–Kier alpha value is -2.02. The first-order chi connectivity index (χ1) is 12.3. The fourth-order valence-electron chi connectivity index (χ4n) is 3.17. The predicted molar refractivity (Wildman–Crippen MR) is 101 cm³/mol. The molecule has 25 heavy (non-hydrogen) atoms. The molecule has 4 rings (SSSR count). The van der Waals surface area contributed by atoms with Crippen LogP contribution in [0.1, 0.15) is 30.1 Å². The molecule has 0 aliphatic carbocycles. The fourth-order valence-corrected chi connectivity index (χ4v) is 3.82. The average molecular weight is 372 g/mol. The van der Waals surface area contributed by atoms with E-state index in [1.807, 2.05) is 29.8 Å². The van der Waals surface area contributed by atoms with Crippen molar-refractivity contribution in [2.24, 2.45) is 0 Å². The number of nitrogens with zero attached hydrogens (tertiary/aromatic N) is 4. The molecule has 3 aromatic rings. The summed E-state index contributed by atoms with van der Waals surface area (Å²) >= 11 is 7.52. The quantitative estimate of drug-likeness (QED) is 0.706. The van der Waals surface area contributed by atoms with Gasteiger partial charge in [0.05, 0.1) is 11.7 Å². The minimum Gasteiger partial charge on any atom is -0.300 e. The molecule has 1 saturated heterocycles. The summed E-state index contributed by atoms with van der Waals surface area (Å²) in [5.74, 6) is 0.603. The first-order valence-corrected chi connectivity index (χ1v) is 9.52. The number of aromatic nitrogens is 3. The number of thiazole rings is 1. The van der Waals surface area contributed by atoms with E-state index in [4.69, 9.17) is 16.6 Å². The van der Waals surface area contributed by atoms with Crippen LogP contribution in [0.3, 0.4) is 0 Å². The largest absolute Gasteiger partial charge is 0.300 e. The van der Waals surface area contributed by atoms with Gasteiger partial charge in [-0.05, 0) is 43.1 Å². The zero-order valence-electron chi connectivity index (χ0n) is 13.6. The summed E-state index contributed by atoms with van der Waals surface area (Å²) in [6, 6.07) is 10.4. The average Bonchev–Trinajstić information content (AvgIpc) is 3.29. The number of benzene rings is 1. The van der Waals surface area contributed by atoms with Gasteiger partial charge in [-0.1, -0.05) is 23.7 Å². The van der Waals surface area contributed by atoms with Crippen molar-refractivity contribution in [3.8, 4) is 0 Å². The summed E-state index contributed by atoms with van der Waals surface area (Å²) in [4.78, 5) is 15.7. The van der Waals surface area contributed by atoms with Gasteiger partial charge in [0.2, 0.25) is 5.95 Å². The summed E-state index contributed by atoms with van der Waals surface area (Å²) in [7, 11) is 0. The molecule has 128 valence electrons. The highest BCUT2D eigenvalue weighted by atomic mass is 35.5. The Balaban J connectivity index is 1.50. The highest BCUT2D eigenvalue weighted by Crippen LogP contribution is 2.32. The lowest BCUT2D eigenvalue weighted by atomic mass is 10.1. The number of halogens is 1. The van der Waals surface area contributed by atoms with Crippen molar-refractivity contribution in [3.63, 3.8) is 0 Å². The van der Waals surface area contributed by atoms with E-state index < -0.39 is 0 Å². The molecule has 1 fully saturated rings. The van der Waals surface area contributed by atoms with Crippen molar-refractivity contribution >= 4 is 34.0 Å². The van der Waals surface area contributed by atoms with Gasteiger partial charge >= 0.3 is 0 Å². The van der Waals surface area contributed by atoms with E-state index in [1.165, 1.54) is 23.3 Å². The van der Waals surface area contributed by atoms with Crippen molar-refractivity contribution in [2.45, 2.75) is 25.4 Å². The maximum Gasteiger partial charge on any atom is 0.229 e. The van der Waals surface area contributed by atoms with Crippen LogP contribution in [-0.2, 0) is 6.54 Å². The SMILES string of the molecule is Clc1ccc(CN2CCC[C@H]2c2ccnc(Nc3nccs3)n2)cc1. The Kier molecular flexibility index (Phi) is 4.92. The summed E-state index contributed by atoms with van der Waals surface area (Å²) in [5, 5.41) is 6.68. The molecule has 0 saturated carbocycles. The smallest absolute Gasteiger partial charge is 0.229 e. The summed E-state index contributed by atoms with van der Waals surface area (Å²) in [6.07, 6.45) is 5.87. The molecule has 0 unspecified atom stereocenters. The van der Waals surface area contributed by atoms with E-state index in [1.54, 1.807) is 6.20 Å². The van der Waals surface area contributed by atoms with Crippen LogP contribution >= 0.6 is 22.9 Å². The second kappa shape index (κ2) is 7.47. The molecule has 3 heterocycles. The molecule has 2 aromatic heterocycles. The van der Waals surface area contributed by atoms with Gasteiger partial charge in [0, 0.05) is 29.3 Å². The minimum absolute atomic E-state index is 0.315. The molecule has 1 aliphatic rings. The van der Waals surface area contributed by atoms with E-state index in [9.17, 15) is 0 Å². The van der Waals surface area contributed by atoms with Crippen molar-refractivity contribution in [3.05, 3.63) is 64.4 Å². The molecule has 1 aliphatic heterocycles. The van der Waals surface area contributed by atoms with Crippen LogP contribution < -0.4 is 5.32 Å². The van der Waals surface area contributed by atoms with Crippen LogP contribution in [0.25, 0.3) is 0 Å². The first-order valence-electron chi connectivity index (χ1n) is 8.26. The van der Waals surface area contributed by atoms with Gasteiger partial charge in [0.25, 0.3) is 0 Å². The van der Waals surface area contributed by atoms with Gasteiger partial charge in [-0.25, -0.2) is 15.0 Å². The van der Waals surface area contributed by atoms with Gasteiger partial charge < -0.3 is 5.32 Å². The van der Waals surface area contributed by atoms with Crippen LogP contribution in [0.5, 0.6) is 0 Å². The lowest BCUT2D eigenvalue weighted by molar-refractivity contribution is 0.244. The Morgan fingerprint density at radius 1 is 1.16 bits per heavy atom. The predicted octanol–water partition coefficient (Wildman–Crippen LogP) is 4.67. The number of hydrogen-bond donors (Lipinski definition) is 1. The van der Waals surface area contributed by atoms with Gasteiger partial charge in [-0.15, -0.1) is 11.3 Å². The maximum atomic E-state index is 5.99. The highest BCUT2D eigenvalue weighted by molar-refractivity contribution is 7.13. The third kappa shape index (κ3) is 3.98. The molecule has 5 nitrogen and oxygen atoms in total. The van der Waals surface area contributed by atoms with Crippen molar-refractivity contribution < 1.29 is 0 Å². The molecular formula is C18H18ClN5S. The molecule has 7 heteroatoms. The lowest BCUT2D eigenvalue weighted by Gasteiger charge is -2.24. The Bertz CT molecular complexity index is 822. The third-order valence-electron chi connectivity index (χ3n) is 4.33. The Morgan fingerprint density at radius 2 is 2.04 bits per heavy atom. The maximum absolute atomic E-state index is 5.99. The van der Waals surface area contributed by atoms with Crippen molar-refractivity contribution in [1.29, 1.82) is 0 Å². The van der Waals surface area contributed by atoms with Crippen molar-refractivity contribution in [2.75, 3.05) is 11.9 Å². The number of anilines is 2. The fraction of sp³-hybridized carbons (Fsp3) is 0.278. The topological polar surface area (TPSA) is 53.9 Å². The lowest BCUT2D eigenvalue weighted by Crippen LogP contribution is -2.23. The van der Waals surface area contributed by atoms with Crippen LogP contribution in [0, 0.1) is 0 Å². The van der Waals surface area contributed by atoms with Gasteiger partial charge in [0.1, 0.15) is 0 Å².